The minimum Gasteiger partial charge on any atom is -0.496 e. The number of halogens is 1. The molecule has 1 N–H and O–H groups in total. The first-order chi connectivity index (χ1) is 25.7. The number of hydrogen-bond donors (Lipinski definition) is 1. The molecule has 0 radical (unpaired) electrons. The van der Waals surface area contributed by atoms with Gasteiger partial charge in [-0.05, 0) is 82.0 Å². The quantitative estimate of drug-likeness (QED) is 0.134. The zero-order chi connectivity index (χ0) is 39.6. The molecule has 0 unspecified atom stereocenters. The number of hydrogen-bond acceptors (Lipinski definition) is 10. The average Bonchev–Trinajstić information content (AvgIpc) is 3.27. The maximum atomic E-state index is 14.6. The monoisotopic (exact) mass is 766 g/mol. The van der Waals surface area contributed by atoms with Gasteiger partial charge in [-0.2, -0.15) is 0 Å². The van der Waals surface area contributed by atoms with E-state index in [0.29, 0.717) is 57.0 Å². The highest BCUT2D eigenvalue weighted by atomic mass is 35.5. The van der Waals surface area contributed by atoms with Gasteiger partial charge in [-0.15, -0.1) is 0 Å². The predicted molar refractivity (Wildman–Crippen MR) is 206 cm³/mol. The number of esters is 1. The molecule has 292 valence electrons. The number of imide groups is 1. The molecule has 14 heteroatoms. The fraction of sp³-hybridized carbons (Fsp3) is 0.450. The molecular formula is C40H51ClN4O9. The van der Waals surface area contributed by atoms with Crippen LogP contribution in [0.1, 0.15) is 74.1 Å². The van der Waals surface area contributed by atoms with Crippen LogP contribution in [0, 0.1) is 5.92 Å². The molecule has 1 saturated heterocycles. The Morgan fingerprint density at radius 3 is 2.13 bits per heavy atom. The Morgan fingerprint density at radius 2 is 1.57 bits per heavy atom. The van der Waals surface area contributed by atoms with E-state index >= 15 is 0 Å². The summed E-state index contributed by atoms with van der Waals surface area (Å²) in [6.07, 6.45) is 0.705. The SMILES string of the molecule is CCO/N=C1/CN(C(=O)N[C@H](CC)c2ccc(C(=O)OC(C)(C)C)cc2)C(=O)[C@H](Cc2cc(Cl)ccc2OC)CN1Cc1c(OC)cc(OC)cc1OC. The van der Waals surface area contributed by atoms with Crippen LogP contribution in [0.2, 0.25) is 5.02 Å². The van der Waals surface area contributed by atoms with Gasteiger partial charge in [0.05, 0.1) is 64.6 Å². The lowest BCUT2D eigenvalue weighted by molar-refractivity contribution is -0.131. The molecule has 4 rings (SSSR count). The highest BCUT2D eigenvalue weighted by molar-refractivity contribution is 6.30. The van der Waals surface area contributed by atoms with E-state index in [0.717, 1.165) is 5.56 Å². The van der Waals surface area contributed by atoms with Crippen molar-refractivity contribution in [3.05, 3.63) is 81.9 Å². The fourth-order valence-corrected chi connectivity index (χ4v) is 6.32. The third-order valence-electron chi connectivity index (χ3n) is 8.79. The molecule has 1 fully saturated rings. The number of urea groups is 1. The third-order valence-corrected chi connectivity index (χ3v) is 9.03. The van der Waals surface area contributed by atoms with Crippen LogP contribution < -0.4 is 24.3 Å². The molecule has 1 aliphatic rings. The van der Waals surface area contributed by atoms with Crippen molar-refractivity contribution in [1.29, 1.82) is 0 Å². The number of nitrogens with zero attached hydrogens (tertiary/aromatic N) is 3. The van der Waals surface area contributed by atoms with Gasteiger partial charge in [-0.25, -0.2) is 9.59 Å². The summed E-state index contributed by atoms with van der Waals surface area (Å²) in [4.78, 5) is 50.1. The second kappa shape index (κ2) is 18.7. The topological polar surface area (TPSA) is 137 Å². The molecule has 0 bridgehead atoms. The Labute approximate surface area is 322 Å². The Morgan fingerprint density at radius 1 is 0.926 bits per heavy atom. The van der Waals surface area contributed by atoms with Crippen molar-refractivity contribution >= 4 is 35.3 Å². The summed E-state index contributed by atoms with van der Waals surface area (Å²) in [5.74, 6) is 0.815. The van der Waals surface area contributed by atoms with Crippen LogP contribution >= 0.6 is 11.6 Å². The van der Waals surface area contributed by atoms with Gasteiger partial charge in [-0.3, -0.25) is 9.69 Å². The molecule has 0 saturated carbocycles. The van der Waals surface area contributed by atoms with Gasteiger partial charge in [0.2, 0.25) is 5.91 Å². The zero-order valence-corrected chi connectivity index (χ0v) is 33.2. The van der Waals surface area contributed by atoms with Crippen molar-refractivity contribution < 1.29 is 42.9 Å². The molecule has 0 aliphatic carbocycles. The number of benzene rings is 3. The first-order valence-electron chi connectivity index (χ1n) is 17.8. The van der Waals surface area contributed by atoms with E-state index < -0.39 is 35.5 Å². The summed E-state index contributed by atoms with van der Waals surface area (Å²) >= 11 is 6.41. The van der Waals surface area contributed by atoms with E-state index in [1.807, 2.05) is 11.8 Å². The number of oxime groups is 1. The molecule has 54 heavy (non-hydrogen) atoms. The Bertz CT molecular complexity index is 1780. The van der Waals surface area contributed by atoms with Gasteiger partial charge in [0.15, 0.2) is 5.84 Å². The summed E-state index contributed by atoms with van der Waals surface area (Å²) in [5, 5.41) is 7.94. The van der Waals surface area contributed by atoms with Gasteiger partial charge in [0.25, 0.3) is 0 Å². The van der Waals surface area contributed by atoms with E-state index in [1.165, 1.54) is 4.90 Å². The van der Waals surface area contributed by atoms with Gasteiger partial charge in [-0.1, -0.05) is 35.8 Å². The number of rotatable bonds is 14. The maximum absolute atomic E-state index is 14.6. The lowest BCUT2D eigenvalue weighted by Crippen LogP contribution is -2.48. The Balaban J connectivity index is 1.74. The molecule has 3 aromatic rings. The van der Waals surface area contributed by atoms with Crippen LogP contribution in [0.5, 0.6) is 23.0 Å². The number of amidine groups is 1. The van der Waals surface area contributed by atoms with Gasteiger partial charge >= 0.3 is 12.0 Å². The molecule has 1 aliphatic heterocycles. The maximum Gasteiger partial charge on any atom is 0.338 e. The molecule has 3 amide bonds. The van der Waals surface area contributed by atoms with E-state index in [1.54, 1.807) is 111 Å². The molecular weight excluding hydrogens is 716 g/mol. The van der Waals surface area contributed by atoms with Gasteiger partial charge in [0, 0.05) is 23.7 Å². The van der Waals surface area contributed by atoms with Crippen molar-refractivity contribution in [3.8, 4) is 23.0 Å². The van der Waals surface area contributed by atoms with Crippen LogP contribution in [0.3, 0.4) is 0 Å². The van der Waals surface area contributed by atoms with Crippen molar-refractivity contribution in [2.75, 3.05) is 48.1 Å². The fourth-order valence-electron chi connectivity index (χ4n) is 6.13. The van der Waals surface area contributed by atoms with Crippen LogP contribution in [0.25, 0.3) is 0 Å². The molecule has 1 heterocycles. The normalized spacial score (nSPS) is 16.0. The largest absolute Gasteiger partial charge is 0.496 e. The number of nitrogens with one attached hydrogen (secondary N) is 1. The van der Waals surface area contributed by atoms with Gasteiger partial charge < -0.3 is 38.7 Å². The smallest absolute Gasteiger partial charge is 0.338 e. The van der Waals surface area contributed by atoms with E-state index in [4.69, 9.17) is 40.1 Å². The van der Waals surface area contributed by atoms with Crippen molar-refractivity contribution in [3.63, 3.8) is 0 Å². The lowest BCUT2D eigenvalue weighted by atomic mass is 9.96. The molecule has 3 aromatic carbocycles. The number of amides is 3. The van der Waals surface area contributed by atoms with Crippen LogP contribution in [0.4, 0.5) is 4.79 Å². The number of methoxy groups -OCH3 is 4. The molecule has 0 aromatic heterocycles. The van der Waals surface area contributed by atoms with Crippen LogP contribution in [-0.2, 0) is 27.3 Å². The lowest BCUT2D eigenvalue weighted by Gasteiger charge is -2.27. The number of carbonyl (C=O) groups is 3. The summed E-state index contributed by atoms with van der Waals surface area (Å²) in [6.45, 7) is 9.53. The van der Waals surface area contributed by atoms with Crippen LogP contribution in [-0.4, -0.2) is 87.3 Å². The standard InChI is InChI=1S/C40H51ClN4O9/c1-10-32(25-12-14-26(15-13-25)38(47)54-40(3,4)5)42-39(48)45-24-36(43-53-11-2)44(23-31-34(51-8)20-30(49-6)21-35(31)52-9)22-28(37(45)46)18-27-19-29(41)16-17-33(27)50-7/h12-17,19-21,28,32H,10-11,18,22-24H2,1-9H3,(H,42,48)/b43-36-/t28-,32-/m1/s1. The summed E-state index contributed by atoms with van der Waals surface area (Å²) in [7, 11) is 6.20. The van der Waals surface area contributed by atoms with Crippen molar-refractivity contribution in [1.82, 2.24) is 15.1 Å². The minimum absolute atomic E-state index is 0.145. The van der Waals surface area contributed by atoms with E-state index in [9.17, 15) is 14.4 Å². The average molecular weight is 767 g/mol. The second-order valence-corrected chi connectivity index (χ2v) is 14.1. The summed E-state index contributed by atoms with van der Waals surface area (Å²) in [6, 6.07) is 14.5. The number of carbonyl (C=O) groups excluding carboxylic acids is 3. The molecule has 13 nitrogen and oxygen atoms in total. The van der Waals surface area contributed by atoms with Gasteiger partial charge in [0.1, 0.15) is 35.2 Å². The summed E-state index contributed by atoms with van der Waals surface area (Å²) in [5.41, 5.74) is 1.88. The van der Waals surface area contributed by atoms with Crippen molar-refractivity contribution in [2.24, 2.45) is 11.1 Å². The first kappa shape index (κ1) is 41.6. The summed E-state index contributed by atoms with van der Waals surface area (Å²) < 4.78 is 28.1. The highest BCUT2D eigenvalue weighted by Gasteiger charge is 2.38. The molecule has 0 spiro atoms. The zero-order valence-electron chi connectivity index (χ0n) is 32.5. The Hall–Kier alpha value is -5.17. The third kappa shape index (κ3) is 10.5. The Kier molecular flexibility index (Phi) is 14.4. The number of ether oxygens (including phenoxy) is 5. The van der Waals surface area contributed by atoms with Crippen LogP contribution in [0.15, 0.2) is 59.8 Å². The highest BCUT2D eigenvalue weighted by Crippen LogP contribution is 2.36. The molecule has 2 atom stereocenters. The van der Waals surface area contributed by atoms with Crippen molar-refractivity contribution in [2.45, 2.75) is 65.6 Å². The first-order valence-corrected chi connectivity index (χ1v) is 18.1. The second-order valence-electron chi connectivity index (χ2n) is 13.6. The minimum atomic E-state index is -0.763. The predicted octanol–water partition coefficient (Wildman–Crippen LogP) is 7.04. The van der Waals surface area contributed by atoms with E-state index in [-0.39, 0.29) is 32.7 Å². The van der Waals surface area contributed by atoms with E-state index in [2.05, 4.69) is 10.5 Å².